The Bertz CT molecular complexity index is 731. The quantitative estimate of drug-likeness (QED) is 0.797. The Balaban J connectivity index is 1.83. The molecule has 0 aromatic heterocycles. The standard InChI is InChI=1S/C19H20N2O2/c22-12-15-11-19(18(23)20-15)10-14-8-4-5-9-16(14)21-17(19)13-6-2-1-3-7-13/h1-9,15,17,21-22H,10-12H2,(H,20,23)/t15-,17-,19-/m1/s1. The fraction of sp³-hybridized carbons (Fsp3) is 0.316. The fourth-order valence-corrected chi connectivity index (χ4v) is 4.02. The highest BCUT2D eigenvalue weighted by molar-refractivity contribution is 5.88. The lowest BCUT2D eigenvalue weighted by atomic mass is 9.68. The molecule has 1 saturated heterocycles. The van der Waals surface area contributed by atoms with Crippen LogP contribution in [0.5, 0.6) is 0 Å². The summed E-state index contributed by atoms with van der Waals surface area (Å²) in [6.45, 7) is -0.0172. The zero-order valence-corrected chi connectivity index (χ0v) is 12.8. The highest BCUT2D eigenvalue weighted by atomic mass is 16.3. The van der Waals surface area contributed by atoms with Crippen molar-refractivity contribution in [1.82, 2.24) is 5.32 Å². The van der Waals surface area contributed by atoms with Crippen LogP contribution in [0.25, 0.3) is 0 Å². The summed E-state index contributed by atoms with van der Waals surface area (Å²) in [4.78, 5) is 12.9. The van der Waals surface area contributed by atoms with Gasteiger partial charge in [-0.25, -0.2) is 0 Å². The first kappa shape index (κ1) is 14.3. The molecule has 4 rings (SSSR count). The van der Waals surface area contributed by atoms with E-state index in [-0.39, 0.29) is 24.6 Å². The van der Waals surface area contributed by atoms with Crippen molar-refractivity contribution >= 4 is 11.6 Å². The minimum atomic E-state index is -0.552. The molecular formula is C19H20N2O2. The molecule has 1 fully saturated rings. The molecule has 0 radical (unpaired) electrons. The summed E-state index contributed by atoms with van der Waals surface area (Å²) in [6.07, 6.45) is 1.33. The lowest BCUT2D eigenvalue weighted by Gasteiger charge is -2.41. The van der Waals surface area contributed by atoms with E-state index in [4.69, 9.17) is 0 Å². The van der Waals surface area contributed by atoms with Gasteiger partial charge in [0.2, 0.25) is 5.91 Å². The normalized spacial score (nSPS) is 29.0. The van der Waals surface area contributed by atoms with Crippen LogP contribution in [-0.4, -0.2) is 23.7 Å². The Hall–Kier alpha value is -2.33. The van der Waals surface area contributed by atoms with Crippen LogP contribution in [0.15, 0.2) is 54.6 Å². The van der Waals surface area contributed by atoms with Crippen LogP contribution in [0, 0.1) is 5.41 Å². The van der Waals surface area contributed by atoms with E-state index in [0.29, 0.717) is 12.8 Å². The van der Waals surface area contributed by atoms with E-state index in [0.717, 1.165) is 16.8 Å². The molecule has 2 aromatic rings. The van der Waals surface area contributed by atoms with Gasteiger partial charge < -0.3 is 15.7 Å². The first-order chi connectivity index (χ1) is 11.2. The maximum Gasteiger partial charge on any atom is 0.229 e. The lowest BCUT2D eigenvalue weighted by molar-refractivity contribution is -0.128. The first-order valence-electron chi connectivity index (χ1n) is 8.04. The summed E-state index contributed by atoms with van der Waals surface area (Å²) in [5.74, 6) is 0.0346. The second-order valence-electron chi connectivity index (χ2n) is 6.54. The average Bonchev–Trinajstić information content (AvgIpc) is 2.91. The first-order valence-corrected chi connectivity index (χ1v) is 8.04. The molecule has 2 aliphatic heterocycles. The number of benzene rings is 2. The van der Waals surface area contributed by atoms with Crippen molar-refractivity contribution in [3.05, 3.63) is 65.7 Å². The van der Waals surface area contributed by atoms with E-state index >= 15 is 0 Å². The topological polar surface area (TPSA) is 61.4 Å². The number of hydrogen-bond donors (Lipinski definition) is 3. The number of aliphatic hydroxyl groups excluding tert-OH is 1. The van der Waals surface area contributed by atoms with Crippen LogP contribution in [0.2, 0.25) is 0 Å². The van der Waals surface area contributed by atoms with Crippen molar-refractivity contribution in [2.24, 2.45) is 5.41 Å². The van der Waals surface area contributed by atoms with Gasteiger partial charge in [-0.3, -0.25) is 4.79 Å². The summed E-state index contributed by atoms with van der Waals surface area (Å²) in [6, 6.07) is 18.0. The van der Waals surface area contributed by atoms with Gasteiger partial charge in [-0.05, 0) is 30.0 Å². The molecule has 23 heavy (non-hydrogen) atoms. The minimum absolute atomic E-state index is 0.0172. The number of nitrogens with one attached hydrogen (secondary N) is 2. The van der Waals surface area contributed by atoms with Crippen molar-refractivity contribution in [3.63, 3.8) is 0 Å². The molecule has 3 atom stereocenters. The Morgan fingerprint density at radius 1 is 1.04 bits per heavy atom. The lowest BCUT2D eigenvalue weighted by Crippen LogP contribution is -2.44. The molecule has 1 spiro atoms. The Morgan fingerprint density at radius 3 is 2.52 bits per heavy atom. The molecule has 2 aliphatic rings. The van der Waals surface area contributed by atoms with Crippen molar-refractivity contribution < 1.29 is 9.90 Å². The van der Waals surface area contributed by atoms with Crippen molar-refractivity contribution in [3.8, 4) is 0 Å². The summed E-state index contributed by atoms with van der Waals surface area (Å²) in [5, 5.41) is 16.1. The third-order valence-corrected chi connectivity index (χ3v) is 5.13. The third kappa shape index (κ3) is 2.21. The van der Waals surface area contributed by atoms with Gasteiger partial charge in [0.25, 0.3) is 0 Å². The molecule has 118 valence electrons. The van der Waals surface area contributed by atoms with Crippen molar-refractivity contribution in [1.29, 1.82) is 0 Å². The fourth-order valence-electron chi connectivity index (χ4n) is 4.02. The molecule has 3 N–H and O–H groups in total. The number of fused-ring (bicyclic) bond motifs is 1. The number of hydrogen-bond acceptors (Lipinski definition) is 3. The monoisotopic (exact) mass is 308 g/mol. The van der Waals surface area contributed by atoms with E-state index < -0.39 is 5.41 Å². The number of amides is 1. The van der Waals surface area contributed by atoms with Gasteiger partial charge in [0.15, 0.2) is 0 Å². The molecule has 4 heteroatoms. The number of rotatable bonds is 2. The van der Waals surface area contributed by atoms with E-state index in [2.05, 4.69) is 34.9 Å². The van der Waals surface area contributed by atoms with E-state index in [1.54, 1.807) is 0 Å². The van der Waals surface area contributed by atoms with E-state index in [1.807, 2.05) is 30.3 Å². The second kappa shape index (κ2) is 5.39. The highest BCUT2D eigenvalue weighted by Gasteiger charge is 2.54. The molecule has 0 aliphatic carbocycles. The Kier molecular flexibility index (Phi) is 3.34. The van der Waals surface area contributed by atoms with Gasteiger partial charge in [0, 0.05) is 5.69 Å². The summed E-state index contributed by atoms with van der Waals surface area (Å²) >= 11 is 0. The predicted molar refractivity (Wildman–Crippen MR) is 89.0 cm³/mol. The molecule has 0 bridgehead atoms. The minimum Gasteiger partial charge on any atom is -0.394 e. The average molecular weight is 308 g/mol. The molecular weight excluding hydrogens is 288 g/mol. The summed E-state index contributed by atoms with van der Waals surface area (Å²) in [7, 11) is 0. The van der Waals surface area contributed by atoms with Crippen LogP contribution in [0.4, 0.5) is 5.69 Å². The number of aliphatic hydroxyl groups is 1. The zero-order chi connectivity index (χ0) is 15.9. The molecule has 2 aromatic carbocycles. The van der Waals surface area contributed by atoms with Gasteiger partial charge in [-0.1, -0.05) is 48.5 Å². The van der Waals surface area contributed by atoms with E-state index in [1.165, 1.54) is 0 Å². The number of carbonyl (C=O) groups excluding carboxylic acids is 1. The SMILES string of the molecule is O=C1N[C@@H](CO)C[C@@]12Cc1ccccc1N[C@@H]2c1ccccc1. The van der Waals surface area contributed by atoms with Crippen LogP contribution in [-0.2, 0) is 11.2 Å². The zero-order valence-electron chi connectivity index (χ0n) is 12.8. The predicted octanol–water partition coefficient (Wildman–Crippen LogP) is 2.26. The highest BCUT2D eigenvalue weighted by Crippen LogP contribution is 2.50. The van der Waals surface area contributed by atoms with Gasteiger partial charge in [0.05, 0.1) is 24.1 Å². The number of carbonyl (C=O) groups is 1. The maximum absolute atomic E-state index is 12.9. The number of anilines is 1. The van der Waals surface area contributed by atoms with Gasteiger partial charge >= 0.3 is 0 Å². The Morgan fingerprint density at radius 2 is 1.78 bits per heavy atom. The summed E-state index contributed by atoms with van der Waals surface area (Å²) in [5.41, 5.74) is 2.81. The van der Waals surface area contributed by atoms with Crippen LogP contribution < -0.4 is 10.6 Å². The van der Waals surface area contributed by atoms with Crippen LogP contribution in [0.3, 0.4) is 0 Å². The van der Waals surface area contributed by atoms with E-state index in [9.17, 15) is 9.90 Å². The summed E-state index contributed by atoms with van der Waals surface area (Å²) < 4.78 is 0. The molecule has 2 heterocycles. The molecule has 1 amide bonds. The third-order valence-electron chi connectivity index (χ3n) is 5.13. The van der Waals surface area contributed by atoms with Gasteiger partial charge in [-0.2, -0.15) is 0 Å². The molecule has 0 unspecified atom stereocenters. The van der Waals surface area contributed by atoms with Crippen LogP contribution >= 0.6 is 0 Å². The van der Waals surface area contributed by atoms with Gasteiger partial charge in [-0.15, -0.1) is 0 Å². The van der Waals surface area contributed by atoms with Crippen LogP contribution in [0.1, 0.15) is 23.6 Å². The second-order valence-corrected chi connectivity index (χ2v) is 6.54. The molecule has 0 saturated carbocycles. The largest absolute Gasteiger partial charge is 0.394 e. The smallest absolute Gasteiger partial charge is 0.229 e. The Labute approximate surface area is 135 Å². The number of para-hydroxylation sites is 1. The van der Waals surface area contributed by atoms with Crippen molar-refractivity contribution in [2.45, 2.75) is 24.9 Å². The molecule has 4 nitrogen and oxygen atoms in total. The van der Waals surface area contributed by atoms with Crippen molar-refractivity contribution in [2.75, 3.05) is 11.9 Å². The van der Waals surface area contributed by atoms with Gasteiger partial charge in [0.1, 0.15) is 0 Å². The maximum atomic E-state index is 12.9.